The molecule has 1 aromatic heterocycles. The summed E-state index contributed by atoms with van der Waals surface area (Å²) in [6, 6.07) is 10.1. The van der Waals surface area contributed by atoms with Crippen molar-refractivity contribution in [3.63, 3.8) is 0 Å². The number of pyridine rings is 1. The van der Waals surface area contributed by atoms with E-state index < -0.39 is 0 Å². The molecule has 0 unspecified atom stereocenters. The largest absolute Gasteiger partial charge is 0.473 e. The topological polar surface area (TPSA) is 45.7 Å². The van der Waals surface area contributed by atoms with Gasteiger partial charge in [0.1, 0.15) is 6.10 Å². The number of ether oxygens (including phenoxy) is 1. The smallest absolute Gasteiger partial charge is 0.255 e. The van der Waals surface area contributed by atoms with Crippen LogP contribution < -0.4 is 9.64 Å². The Morgan fingerprint density at radius 3 is 2.64 bits per heavy atom. The van der Waals surface area contributed by atoms with Crippen LogP contribution in [0.5, 0.6) is 5.88 Å². The minimum atomic E-state index is 0.0519. The number of aromatic nitrogens is 1. The summed E-state index contributed by atoms with van der Waals surface area (Å²) in [6.07, 6.45) is 2.96. The van der Waals surface area contributed by atoms with Crippen molar-refractivity contribution in [3.05, 3.63) is 53.2 Å². The minimum Gasteiger partial charge on any atom is -0.473 e. The van der Waals surface area contributed by atoms with Crippen LogP contribution in [0.15, 0.2) is 36.5 Å². The molecule has 28 heavy (non-hydrogen) atoms. The summed E-state index contributed by atoms with van der Waals surface area (Å²) in [4.78, 5) is 21.5. The zero-order valence-electron chi connectivity index (χ0n) is 16.6. The number of anilines is 1. The zero-order valence-corrected chi connectivity index (χ0v) is 17.4. The Labute approximate surface area is 171 Å². The van der Waals surface area contributed by atoms with Crippen molar-refractivity contribution in [2.24, 2.45) is 0 Å². The van der Waals surface area contributed by atoms with Crippen LogP contribution in [0.1, 0.15) is 27.9 Å². The first-order valence-electron chi connectivity index (χ1n) is 9.93. The molecule has 0 radical (unpaired) electrons. The Morgan fingerprint density at radius 2 is 1.96 bits per heavy atom. The van der Waals surface area contributed by atoms with E-state index in [1.807, 2.05) is 28.8 Å². The van der Waals surface area contributed by atoms with Crippen LogP contribution in [0.25, 0.3) is 0 Å². The number of benzene rings is 1. The molecule has 2 aliphatic heterocycles. The Morgan fingerprint density at radius 1 is 1.14 bits per heavy atom. The Hall–Kier alpha value is -2.21. The van der Waals surface area contributed by atoms with Crippen LogP contribution in [-0.2, 0) is 0 Å². The van der Waals surface area contributed by atoms with Gasteiger partial charge in [0.2, 0.25) is 5.88 Å². The third-order valence-corrected chi connectivity index (χ3v) is 6.77. The van der Waals surface area contributed by atoms with Gasteiger partial charge in [-0.2, -0.15) is 11.8 Å². The maximum absolute atomic E-state index is 12.8. The number of carbonyl (C=O) groups excluding carboxylic acids is 1. The van der Waals surface area contributed by atoms with Gasteiger partial charge in [0, 0.05) is 49.9 Å². The number of carbonyl (C=O) groups is 1. The first-order valence-corrected chi connectivity index (χ1v) is 11.1. The number of nitrogens with zero attached hydrogens (tertiary/aromatic N) is 3. The second kappa shape index (κ2) is 8.43. The van der Waals surface area contributed by atoms with E-state index in [0.29, 0.717) is 11.4 Å². The monoisotopic (exact) mass is 397 g/mol. The summed E-state index contributed by atoms with van der Waals surface area (Å²) in [6.45, 7) is 7.47. The highest BCUT2D eigenvalue weighted by Gasteiger charge is 2.24. The second-order valence-electron chi connectivity index (χ2n) is 7.49. The summed E-state index contributed by atoms with van der Waals surface area (Å²) in [5, 5.41) is 0. The van der Waals surface area contributed by atoms with E-state index >= 15 is 0 Å². The van der Waals surface area contributed by atoms with Crippen molar-refractivity contribution in [2.75, 3.05) is 42.6 Å². The fourth-order valence-corrected chi connectivity index (χ4v) is 4.86. The molecule has 2 fully saturated rings. The lowest BCUT2D eigenvalue weighted by atomic mass is 10.1. The van der Waals surface area contributed by atoms with Gasteiger partial charge in [0.15, 0.2) is 0 Å². The molecule has 4 rings (SSSR count). The summed E-state index contributed by atoms with van der Waals surface area (Å²) < 4.78 is 5.88. The molecule has 0 N–H and O–H groups in total. The highest BCUT2D eigenvalue weighted by molar-refractivity contribution is 7.99. The predicted molar refractivity (Wildman–Crippen MR) is 115 cm³/mol. The van der Waals surface area contributed by atoms with Gasteiger partial charge in [-0.1, -0.05) is 12.1 Å². The average Bonchev–Trinajstić information content (AvgIpc) is 3.23. The van der Waals surface area contributed by atoms with E-state index in [1.165, 1.54) is 16.8 Å². The van der Waals surface area contributed by atoms with Gasteiger partial charge < -0.3 is 14.5 Å². The van der Waals surface area contributed by atoms with E-state index in [4.69, 9.17) is 4.74 Å². The first-order chi connectivity index (χ1) is 13.6. The summed E-state index contributed by atoms with van der Waals surface area (Å²) >= 11 is 1.91. The predicted octanol–water partition coefficient (Wildman–Crippen LogP) is 3.55. The molecule has 3 heterocycles. The van der Waals surface area contributed by atoms with Crippen LogP contribution in [0, 0.1) is 13.8 Å². The fraction of sp³-hybridized carbons (Fsp3) is 0.455. The van der Waals surface area contributed by atoms with E-state index in [-0.39, 0.29) is 12.0 Å². The van der Waals surface area contributed by atoms with E-state index in [0.717, 1.165) is 44.1 Å². The van der Waals surface area contributed by atoms with Crippen molar-refractivity contribution in [3.8, 4) is 5.88 Å². The Bertz CT molecular complexity index is 826. The number of amides is 1. The third-order valence-electron chi connectivity index (χ3n) is 5.64. The van der Waals surface area contributed by atoms with Crippen LogP contribution in [0.3, 0.4) is 0 Å². The van der Waals surface area contributed by atoms with E-state index in [9.17, 15) is 4.79 Å². The van der Waals surface area contributed by atoms with Gasteiger partial charge in [-0.25, -0.2) is 4.98 Å². The van der Waals surface area contributed by atoms with Crippen LogP contribution >= 0.6 is 11.8 Å². The fourth-order valence-electron chi connectivity index (χ4n) is 3.76. The van der Waals surface area contributed by atoms with Crippen molar-refractivity contribution >= 4 is 23.4 Å². The molecule has 0 aliphatic carbocycles. The van der Waals surface area contributed by atoms with Crippen molar-refractivity contribution in [2.45, 2.75) is 26.4 Å². The molecule has 0 saturated carbocycles. The molecule has 2 saturated heterocycles. The first kappa shape index (κ1) is 19.1. The molecule has 1 atom stereocenters. The van der Waals surface area contributed by atoms with Crippen molar-refractivity contribution in [1.82, 2.24) is 9.88 Å². The number of rotatable bonds is 4. The van der Waals surface area contributed by atoms with E-state index in [2.05, 4.69) is 41.9 Å². The number of aryl methyl sites for hydroxylation is 1. The van der Waals surface area contributed by atoms with Gasteiger partial charge in [0.25, 0.3) is 5.91 Å². The lowest BCUT2D eigenvalue weighted by molar-refractivity contribution is 0.0746. The maximum atomic E-state index is 12.8. The van der Waals surface area contributed by atoms with Gasteiger partial charge in [-0.05, 0) is 49.3 Å². The quantitative estimate of drug-likeness (QED) is 0.790. The molecule has 2 aliphatic rings. The maximum Gasteiger partial charge on any atom is 0.255 e. The second-order valence-corrected chi connectivity index (χ2v) is 8.64. The van der Waals surface area contributed by atoms with Gasteiger partial charge in [0.05, 0.1) is 5.56 Å². The minimum absolute atomic E-state index is 0.0519. The molecule has 1 amide bonds. The standard InChI is InChI=1S/C22H27N3O2S/c1-16-4-3-5-20(17(16)2)24-9-11-25(12-10-24)22(26)18-6-7-21(23-14-18)27-19-8-13-28-15-19/h3-7,14,19H,8-13,15H2,1-2H3/t19-/m1/s1. The SMILES string of the molecule is Cc1cccc(N2CCN(C(=O)c3ccc(O[C@@H]4CCSC4)nc3)CC2)c1C. The molecule has 2 aromatic rings. The number of hydrogen-bond acceptors (Lipinski definition) is 5. The number of piperazine rings is 1. The summed E-state index contributed by atoms with van der Waals surface area (Å²) in [7, 11) is 0. The lowest BCUT2D eigenvalue weighted by Gasteiger charge is -2.37. The molecular formula is C22H27N3O2S. The van der Waals surface area contributed by atoms with Gasteiger partial charge in [-0.15, -0.1) is 0 Å². The van der Waals surface area contributed by atoms with E-state index in [1.54, 1.807) is 6.20 Å². The highest BCUT2D eigenvalue weighted by Crippen LogP contribution is 2.25. The molecule has 6 heteroatoms. The summed E-state index contributed by atoms with van der Waals surface area (Å²) in [5.41, 5.74) is 4.54. The Kier molecular flexibility index (Phi) is 5.76. The number of thioether (sulfide) groups is 1. The molecular weight excluding hydrogens is 370 g/mol. The van der Waals surface area contributed by atoms with Gasteiger partial charge in [-0.3, -0.25) is 4.79 Å². The normalized spacial score (nSPS) is 19.7. The zero-order chi connectivity index (χ0) is 19.5. The molecule has 0 bridgehead atoms. The molecule has 5 nitrogen and oxygen atoms in total. The summed E-state index contributed by atoms with van der Waals surface area (Å²) in [5.74, 6) is 2.84. The highest BCUT2D eigenvalue weighted by atomic mass is 32.2. The average molecular weight is 398 g/mol. The van der Waals surface area contributed by atoms with Crippen molar-refractivity contribution in [1.29, 1.82) is 0 Å². The van der Waals surface area contributed by atoms with Gasteiger partial charge >= 0.3 is 0 Å². The van der Waals surface area contributed by atoms with Crippen LogP contribution in [0.4, 0.5) is 5.69 Å². The third kappa shape index (κ3) is 4.12. The Balaban J connectivity index is 1.35. The number of hydrogen-bond donors (Lipinski definition) is 0. The van der Waals surface area contributed by atoms with Crippen LogP contribution in [0.2, 0.25) is 0 Å². The van der Waals surface area contributed by atoms with Crippen LogP contribution in [-0.4, -0.2) is 59.6 Å². The molecule has 1 aromatic carbocycles. The van der Waals surface area contributed by atoms with Crippen molar-refractivity contribution < 1.29 is 9.53 Å². The molecule has 0 spiro atoms. The lowest BCUT2D eigenvalue weighted by Crippen LogP contribution is -2.49. The molecule has 148 valence electrons.